The van der Waals surface area contributed by atoms with Gasteiger partial charge in [-0.25, -0.2) is 0 Å². The molecule has 1 aliphatic rings. The summed E-state index contributed by atoms with van der Waals surface area (Å²) in [7, 11) is 0. The zero-order chi connectivity index (χ0) is 40.2. The number of nitrogens with zero attached hydrogens (tertiary/aromatic N) is 1. The van der Waals surface area contributed by atoms with Gasteiger partial charge in [0, 0.05) is 27.7 Å². The first-order valence-electron chi connectivity index (χ1n) is 20.9. The van der Waals surface area contributed by atoms with Crippen molar-refractivity contribution in [2.24, 2.45) is 0 Å². The Labute approximate surface area is 352 Å². The van der Waals surface area contributed by atoms with Crippen molar-refractivity contribution < 1.29 is 0 Å². The Morgan fingerprint density at radius 2 is 0.733 bits per heavy atom. The van der Waals surface area contributed by atoms with E-state index < -0.39 is 0 Å². The Balaban J connectivity index is 1.09. The fourth-order valence-corrected chi connectivity index (χ4v) is 9.74. The fraction of sp³-hybridized carbons (Fsp3) is 0.0508. The highest BCUT2D eigenvalue weighted by atomic mass is 15.1. The number of hydrogen-bond donors (Lipinski definition) is 0. The van der Waals surface area contributed by atoms with Crippen molar-refractivity contribution in [3.63, 3.8) is 0 Å². The van der Waals surface area contributed by atoms with E-state index >= 15 is 0 Å². The molecular formula is C59H43N. The first-order chi connectivity index (χ1) is 29.5. The van der Waals surface area contributed by atoms with Crippen LogP contribution in [0.4, 0.5) is 17.1 Å². The Bertz CT molecular complexity index is 3200. The summed E-state index contributed by atoms with van der Waals surface area (Å²) in [5, 5.41) is 4.95. The highest BCUT2D eigenvalue weighted by molar-refractivity contribution is 6.22. The van der Waals surface area contributed by atoms with E-state index in [4.69, 9.17) is 0 Å². The lowest BCUT2D eigenvalue weighted by molar-refractivity contribution is 0.660. The first-order valence-corrected chi connectivity index (χ1v) is 20.9. The lowest BCUT2D eigenvalue weighted by Crippen LogP contribution is -2.17. The zero-order valence-corrected chi connectivity index (χ0v) is 33.8. The molecule has 0 aliphatic heterocycles. The van der Waals surface area contributed by atoms with Crippen LogP contribution >= 0.6 is 0 Å². The molecular weight excluding hydrogens is 723 g/mol. The molecule has 1 heteroatoms. The molecule has 1 aliphatic carbocycles. The highest BCUT2D eigenvalue weighted by Crippen LogP contribution is 2.53. The molecule has 0 heterocycles. The van der Waals surface area contributed by atoms with Crippen LogP contribution in [-0.4, -0.2) is 0 Å². The molecule has 10 aromatic carbocycles. The third kappa shape index (κ3) is 5.85. The summed E-state index contributed by atoms with van der Waals surface area (Å²) in [6, 6.07) is 82.4. The predicted molar refractivity (Wildman–Crippen MR) is 255 cm³/mol. The van der Waals surface area contributed by atoms with E-state index in [2.05, 4.69) is 243 Å². The first kappa shape index (κ1) is 35.7. The fourth-order valence-electron chi connectivity index (χ4n) is 9.74. The Morgan fingerprint density at radius 3 is 1.38 bits per heavy atom. The van der Waals surface area contributed by atoms with Gasteiger partial charge in [0.1, 0.15) is 0 Å². The van der Waals surface area contributed by atoms with Crippen LogP contribution < -0.4 is 4.90 Å². The van der Waals surface area contributed by atoms with Crippen molar-refractivity contribution in [2.75, 3.05) is 4.90 Å². The summed E-state index contributed by atoms with van der Waals surface area (Å²) in [4.78, 5) is 2.52. The zero-order valence-electron chi connectivity index (χ0n) is 33.8. The Kier molecular flexibility index (Phi) is 8.57. The molecule has 10 aromatic rings. The third-order valence-corrected chi connectivity index (χ3v) is 12.7. The van der Waals surface area contributed by atoms with E-state index in [1.807, 2.05) is 0 Å². The quantitative estimate of drug-likeness (QED) is 0.146. The third-order valence-electron chi connectivity index (χ3n) is 12.7. The maximum atomic E-state index is 2.52. The topological polar surface area (TPSA) is 3.24 Å². The number of benzene rings is 10. The van der Waals surface area contributed by atoms with Crippen LogP contribution in [0.15, 0.2) is 224 Å². The van der Waals surface area contributed by atoms with Crippen molar-refractivity contribution in [1.29, 1.82) is 0 Å². The number of anilines is 3. The van der Waals surface area contributed by atoms with Gasteiger partial charge in [0.2, 0.25) is 0 Å². The number of fused-ring (bicyclic) bond motifs is 6. The Hall–Kier alpha value is -7.48. The Morgan fingerprint density at radius 1 is 0.300 bits per heavy atom. The smallest absolute Gasteiger partial charge is 0.0624 e. The minimum atomic E-state index is -0.140. The average Bonchev–Trinajstić information content (AvgIpc) is 3.55. The second kappa shape index (κ2) is 14.4. The van der Waals surface area contributed by atoms with E-state index in [1.54, 1.807) is 0 Å². The number of rotatable bonds is 7. The summed E-state index contributed by atoms with van der Waals surface area (Å²) in [6.45, 7) is 4.74. The van der Waals surface area contributed by atoms with E-state index in [-0.39, 0.29) is 5.41 Å². The summed E-state index contributed by atoms with van der Waals surface area (Å²) in [5.74, 6) is 0. The van der Waals surface area contributed by atoms with Gasteiger partial charge in [0.15, 0.2) is 0 Å². The molecule has 0 fully saturated rings. The van der Waals surface area contributed by atoms with E-state index in [9.17, 15) is 0 Å². The minimum Gasteiger partial charge on any atom is -0.309 e. The maximum Gasteiger partial charge on any atom is 0.0624 e. The molecule has 0 bridgehead atoms. The average molecular weight is 766 g/mol. The molecule has 0 N–H and O–H groups in total. The lowest BCUT2D eigenvalue weighted by atomic mass is 9.82. The van der Waals surface area contributed by atoms with Crippen molar-refractivity contribution in [2.45, 2.75) is 19.3 Å². The predicted octanol–water partition coefficient (Wildman–Crippen LogP) is 16.4. The molecule has 0 amide bonds. The number of hydrogen-bond acceptors (Lipinski definition) is 1. The van der Waals surface area contributed by atoms with Crippen LogP contribution in [0.2, 0.25) is 0 Å². The van der Waals surface area contributed by atoms with Crippen LogP contribution in [0.5, 0.6) is 0 Å². The molecule has 60 heavy (non-hydrogen) atoms. The SMILES string of the molecule is CC1(C)c2ccccc2-c2ccc(N(c3ccc(-c4ccc(-c5ccccc5-c5ccccc5)cc4)cc3)c3c(-c4ccccc4)c4ccccc4c4ccccc34)cc21. The standard InChI is InChI=1S/C59H43N/c1-59(2)55-28-16-15-25-51(55)52-38-37-46(39-56(52)59)60(58-54-27-14-12-24-50(54)49-23-11-13-26-53(49)57(58)44-19-7-4-8-20-44)45-35-33-41(34-36-45)40-29-31-43(32-30-40)48-22-10-9-21-47(48)42-17-5-3-6-18-42/h3-39H,1-2H3. The molecule has 0 unspecified atom stereocenters. The summed E-state index contributed by atoms with van der Waals surface area (Å²) >= 11 is 0. The molecule has 11 rings (SSSR count). The van der Waals surface area contributed by atoms with Crippen molar-refractivity contribution in [3.8, 4) is 55.6 Å². The maximum absolute atomic E-state index is 2.52. The molecule has 0 radical (unpaired) electrons. The monoisotopic (exact) mass is 765 g/mol. The van der Waals surface area contributed by atoms with E-state index in [0.29, 0.717) is 0 Å². The summed E-state index contributed by atoms with van der Waals surface area (Å²) in [5.41, 5.74) is 18.4. The molecule has 0 aromatic heterocycles. The van der Waals surface area contributed by atoms with Gasteiger partial charge in [-0.1, -0.05) is 214 Å². The summed E-state index contributed by atoms with van der Waals surface area (Å²) < 4.78 is 0. The van der Waals surface area contributed by atoms with Gasteiger partial charge in [-0.05, 0) is 102 Å². The normalized spacial score (nSPS) is 12.6. The van der Waals surface area contributed by atoms with E-state index in [1.165, 1.54) is 94.0 Å². The van der Waals surface area contributed by atoms with Crippen LogP contribution in [-0.2, 0) is 5.41 Å². The van der Waals surface area contributed by atoms with Gasteiger partial charge in [-0.3, -0.25) is 0 Å². The van der Waals surface area contributed by atoms with Crippen molar-refractivity contribution >= 4 is 38.6 Å². The van der Waals surface area contributed by atoms with Gasteiger partial charge in [0.25, 0.3) is 0 Å². The van der Waals surface area contributed by atoms with Gasteiger partial charge < -0.3 is 4.90 Å². The van der Waals surface area contributed by atoms with Gasteiger partial charge in [-0.15, -0.1) is 0 Å². The molecule has 0 atom stereocenters. The lowest BCUT2D eigenvalue weighted by Gasteiger charge is -2.32. The molecule has 284 valence electrons. The minimum absolute atomic E-state index is 0.140. The van der Waals surface area contributed by atoms with Crippen molar-refractivity contribution in [3.05, 3.63) is 236 Å². The van der Waals surface area contributed by atoms with Gasteiger partial charge in [0.05, 0.1) is 5.69 Å². The van der Waals surface area contributed by atoms with Crippen LogP contribution in [0.3, 0.4) is 0 Å². The van der Waals surface area contributed by atoms with E-state index in [0.717, 1.165) is 11.4 Å². The molecule has 0 saturated carbocycles. The van der Waals surface area contributed by atoms with Crippen LogP contribution in [0.1, 0.15) is 25.0 Å². The largest absolute Gasteiger partial charge is 0.309 e. The summed E-state index contributed by atoms with van der Waals surface area (Å²) in [6.07, 6.45) is 0. The second-order valence-electron chi connectivity index (χ2n) is 16.5. The molecule has 1 nitrogen and oxygen atoms in total. The molecule has 0 spiro atoms. The highest BCUT2D eigenvalue weighted by Gasteiger charge is 2.36. The van der Waals surface area contributed by atoms with Gasteiger partial charge in [-0.2, -0.15) is 0 Å². The van der Waals surface area contributed by atoms with Crippen LogP contribution in [0.25, 0.3) is 77.2 Å². The van der Waals surface area contributed by atoms with Gasteiger partial charge >= 0.3 is 0 Å². The second-order valence-corrected chi connectivity index (χ2v) is 16.5. The molecule has 0 saturated heterocycles. The van der Waals surface area contributed by atoms with Crippen LogP contribution in [0, 0.1) is 0 Å². The van der Waals surface area contributed by atoms with Crippen molar-refractivity contribution in [1.82, 2.24) is 0 Å².